The van der Waals surface area contributed by atoms with Gasteiger partial charge in [0.2, 0.25) is 5.91 Å². The fraction of sp³-hybridized carbons (Fsp3) is 0.500. The van der Waals surface area contributed by atoms with Crippen LogP contribution in [0.4, 0.5) is 0 Å². The van der Waals surface area contributed by atoms with Crippen molar-refractivity contribution in [3.63, 3.8) is 0 Å². The van der Waals surface area contributed by atoms with Crippen LogP contribution < -0.4 is 5.32 Å². The lowest BCUT2D eigenvalue weighted by molar-refractivity contribution is -0.127. The molecule has 4 nitrogen and oxygen atoms in total. The third-order valence-corrected chi connectivity index (χ3v) is 3.60. The Morgan fingerprint density at radius 3 is 2.95 bits per heavy atom. The molecule has 0 spiro atoms. The molecular formula is C14H19ClN2O2. The number of hydrogen-bond donors (Lipinski definition) is 2. The lowest BCUT2D eigenvalue weighted by Gasteiger charge is -2.15. The molecule has 1 fully saturated rings. The number of benzene rings is 1. The summed E-state index contributed by atoms with van der Waals surface area (Å²) in [5, 5.41) is 13.0. The Balaban J connectivity index is 1.63. The lowest BCUT2D eigenvalue weighted by atomic mass is 10.2. The molecule has 0 aliphatic carbocycles. The van der Waals surface area contributed by atoms with Gasteiger partial charge in [0, 0.05) is 26.1 Å². The van der Waals surface area contributed by atoms with Gasteiger partial charge in [0.1, 0.15) is 5.75 Å². The molecule has 104 valence electrons. The van der Waals surface area contributed by atoms with Gasteiger partial charge in [-0.15, -0.1) is 0 Å². The molecule has 0 atom stereocenters. The van der Waals surface area contributed by atoms with Crippen LogP contribution in [0.3, 0.4) is 0 Å². The molecule has 1 saturated heterocycles. The fourth-order valence-corrected chi connectivity index (χ4v) is 2.43. The van der Waals surface area contributed by atoms with Gasteiger partial charge in [-0.05, 0) is 37.1 Å². The van der Waals surface area contributed by atoms with E-state index in [1.807, 2.05) is 11.0 Å². The van der Waals surface area contributed by atoms with E-state index >= 15 is 0 Å². The standard InChI is InChI=1S/C14H19ClN2O2/c15-12-9-11(4-5-13(12)18)10-16-6-2-8-17-7-1-3-14(17)19/h4-5,9,16,18H,1-3,6-8,10H2. The van der Waals surface area contributed by atoms with Gasteiger partial charge in [-0.1, -0.05) is 17.7 Å². The van der Waals surface area contributed by atoms with Crippen molar-refractivity contribution in [2.75, 3.05) is 19.6 Å². The second kappa shape index (κ2) is 6.78. The monoisotopic (exact) mass is 282 g/mol. The first-order chi connectivity index (χ1) is 9.16. The zero-order valence-electron chi connectivity index (χ0n) is 10.9. The van der Waals surface area contributed by atoms with E-state index in [1.165, 1.54) is 0 Å². The van der Waals surface area contributed by atoms with Crippen LogP contribution in [0.2, 0.25) is 5.02 Å². The SMILES string of the molecule is O=C1CCCN1CCCNCc1ccc(O)c(Cl)c1. The first-order valence-corrected chi connectivity index (χ1v) is 7.00. The van der Waals surface area contributed by atoms with E-state index in [0.29, 0.717) is 18.0 Å². The second-order valence-corrected chi connectivity index (χ2v) is 5.21. The third kappa shape index (κ3) is 4.11. The minimum atomic E-state index is 0.109. The molecule has 0 unspecified atom stereocenters. The minimum absolute atomic E-state index is 0.109. The van der Waals surface area contributed by atoms with Crippen LogP contribution in [0.5, 0.6) is 5.75 Å². The van der Waals surface area contributed by atoms with Crippen molar-refractivity contribution in [1.29, 1.82) is 0 Å². The van der Waals surface area contributed by atoms with Crippen molar-refractivity contribution in [1.82, 2.24) is 10.2 Å². The predicted octanol–water partition coefficient (Wildman–Crippen LogP) is 2.15. The topological polar surface area (TPSA) is 52.6 Å². The average Bonchev–Trinajstić information content (AvgIpc) is 2.79. The van der Waals surface area contributed by atoms with Crippen LogP contribution >= 0.6 is 11.6 Å². The van der Waals surface area contributed by atoms with E-state index < -0.39 is 0 Å². The van der Waals surface area contributed by atoms with E-state index in [-0.39, 0.29) is 11.7 Å². The van der Waals surface area contributed by atoms with E-state index in [9.17, 15) is 9.90 Å². The Bertz CT molecular complexity index is 451. The predicted molar refractivity (Wildman–Crippen MR) is 75.3 cm³/mol. The van der Waals surface area contributed by atoms with Crippen LogP contribution in [0, 0.1) is 0 Å². The smallest absolute Gasteiger partial charge is 0.222 e. The summed E-state index contributed by atoms with van der Waals surface area (Å²) in [6, 6.07) is 5.20. The Morgan fingerprint density at radius 1 is 1.42 bits per heavy atom. The zero-order valence-corrected chi connectivity index (χ0v) is 11.6. The maximum atomic E-state index is 11.4. The molecule has 1 amide bonds. The largest absolute Gasteiger partial charge is 0.506 e. The number of nitrogens with zero attached hydrogens (tertiary/aromatic N) is 1. The van der Waals surface area contributed by atoms with Crippen molar-refractivity contribution in [3.05, 3.63) is 28.8 Å². The molecule has 0 saturated carbocycles. The van der Waals surface area contributed by atoms with Gasteiger partial charge in [0.15, 0.2) is 0 Å². The van der Waals surface area contributed by atoms with Crippen molar-refractivity contribution < 1.29 is 9.90 Å². The molecule has 1 aromatic carbocycles. The van der Waals surface area contributed by atoms with E-state index in [1.54, 1.807) is 12.1 Å². The summed E-state index contributed by atoms with van der Waals surface area (Å²) < 4.78 is 0. The first-order valence-electron chi connectivity index (χ1n) is 6.63. The number of nitrogens with one attached hydrogen (secondary N) is 1. The number of carbonyl (C=O) groups excluding carboxylic acids is 1. The fourth-order valence-electron chi connectivity index (χ4n) is 2.23. The Kier molecular flexibility index (Phi) is 5.05. The highest BCUT2D eigenvalue weighted by Crippen LogP contribution is 2.23. The zero-order chi connectivity index (χ0) is 13.7. The van der Waals surface area contributed by atoms with Gasteiger partial charge in [-0.3, -0.25) is 4.79 Å². The van der Waals surface area contributed by atoms with Gasteiger partial charge < -0.3 is 15.3 Å². The molecule has 1 heterocycles. The molecular weight excluding hydrogens is 264 g/mol. The molecule has 19 heavy (non-hydrogen) atoms. The number of carbonyl (C=O) groups is 1. The number of halogens is 1. The van der Waals surface area contributed by atoms with Gasteiger partial charge in [0.05, 0.1) is 5.02 Å². The molecule has 2 N–H and O–H groups in total. The summed E-state index contributed by atoms with van der Waals surface area (Å²) in [5.74, 6) is 0.392. The van der Waals surface area contributed by atoms with Crippen LogP contribution in [-0.2, 0) is 11.3 Å². The maximum absolute atomic E-state index is 11.4. The van der Waals surface area contributed by atoms with Crippen LogP contribution in [-0.4, -0.2) is 35.5 Å². The highest BCUT2D eigenvalue weighted by molar-refractivity contribution is 6.32. The molecule has 0 aromatic heterocycles. The molecule has 1 aliphatic rings. The normalized spacial score (nSPS) is 15.2. The van der Waals surface area contributed by atoms with E-state index in [0.717, 1.165) is 38.0 Å². The van der Waals surface area contributed by atoms with E-state index in [4.69, 9.17) is 11.6 Å². The average molecular weight is 283 g/mol. The van der Waals surface area contributed by atoms with Crippen molar-refractivity contribution in [2.45, 2.75) is 25.8 Å². The first kappa shape index (κ1) is 14.2. The molecule has 0 bridgehead atoms. The summed E-state index contributed by atoms with van der Waals surface area (Å²) in [5.41, 5.74) is 1.04. The maximum Gasteiger partial charge on any atom is 0.222 e. The van der Waals surface area contributed by atoms with Crippen LogP contribution in [0.15, 0.2) is 18.2 Å². The van der Waals surface area contributed by atoms with Gasteiger partial charge in [-0.2, -0.15) is 0 Å². The summed E-state index contributed by atoms with van der Waals surface area (Å²) in [4.78, 5) is 13.3. The number of phenolic OH excluding ortho intramolecular Hbond substituents is 1. The van der Waals surface area contributed by atoms with Gasteiger partial charge in [-0.25, -0.2) is 0 Å². The number of rotatable bonds is 6. The quantitative estimate of drug-likeness (QED) is 0.786. The molecule has 2 rings (SSSR count). The highest BCUT2D eigenvalue weighted by atomic mass is 35.5. The Hall–Kier alpha value is -1.26. The highest BCUT2D eigenvalue weighted by Gasteiger charge is 2.18. The van der Waals surface area contributed by atoms with E-state index in [2.05, 4.69) is 5.32 Å². The van der Waals surface area contributed by atoms with Crippen molar-refractivity contribution >= 4 is 17.5 Å². The van der Waals surface area contributed by atoms with Gasteiger partial charge >= 0.3 is 0 Å². The summed E-state index contributed by atoms with van der Waals surface area (Å²) in [6.07, 6.45) is 2.66. The summed E-state index contributed by atoms with van der Waals surface area (Å²) >= 11 is 5.83. The molecule has 0 radical (unpaired) electrons. The summed E-state index contributed by atoms with van der Waals surface area (Å²) in [6.45, 7) is 3.32. The van der Waals surface area contributed by atoms with Crippen LogP contribution in [0.1, 0.15) is 24.8 Å². The van der Waals surface area contributed by atoms with Crippen LogP contribution in [0.25, 0.3) is 0 Å². The number of amides is 1. The number of likely N-dealkylation sites (tertiary alicyclic amines) is 1. The Morgan fingerprint density at radius 2 is 2.26 bits per heavy atom. The number of aromatic hydroxyl groups is 1. The third-order valence-electron chi connectivity index (χ3n) is 3.29. The van der Waals surface area contributed by atoms with Crippen molar-refractivity contribution in [2.24, 2.45) is 0 Å². The second-order valence-electron chi connectivity index (χ2n) is 4.80. The Labute approximate surface area is 118 Å². The molecule has 5 heteroatoms. The van der Waals surface area contributed by atoms with Crippen molar-refractivity contribution in [3.8, 4) is 5.75 Å². The number of hydrogen-bond acceptors (Lipinski definition) is 3. The summed E-state index contributed by atoms with van der Waals surface area (Å²) in [7, 11) is 0. The van der Waals surface area contributed by atoms with Gasteiger partial charge in [0.25, 0.3) is 0 Å². The number of phenols is 1. The lowest BCUT2D eigenvalue weighted by Crippen LogP contribution is -2.28. The minimum Gasteiger partial charge on any atom is -0.506 e. The molecule has 1 aromatic rings. The molecule has 1 aliphatic heterocycles.